The van der Waals surface area contributed by atoms with E-state index in [0.29, 0.717) is 11.5 Å². The molecule has 2 aromatic rings. The molecular weight excluding hydrogens is 336 g/mol. The van der Waals surface area contributed by atoms with Gasteiger partial charge in [0.1, 0.15) is 11.6 Å². The van der Waals surface area contributed by atoms with Crippen LogP contribution in [-0.2, 0) is 4.79 Å². The van der Waals surface area contributed by atoms with Crippen LogP contribution >= 0.6 is 11.8 Å². The SMILES string of the molecule is C[C@H](NC(=O)CSc1cc(F)ccc1F)c1ccc2c(c1)OCO2. The largest absolute Gasteiger partial charge is 0.454 e. The highest BCUT2D eigenvalue weighted by Crippen LogP contribution is 2.34. The molecule has 0 bridgehead atoms. The molecular formula is C17H15F2NO3S. The Hall–Kier alpha value is -2.28. The first-order chi connectivity index (χ1) is 11.5. The van der Waals surface area contributed by atoms with Crippen molar-refractivity contribution in [2.45, 2.75) is 17.9 Å². The average molecular weight is 351 g/mol. The highest BCUT2D eigenvalue weighted by atomic mass is 32.2. The molecule has 0 spiro atoms. The Balaban J connectivity index is 1.57. The van der Waals surface area contributed by atoms with Crippen molar-refractivity contribution in [1.29, 1.82) is 0 Å². The van der Waals surface area contributed by atoms with E-state index in [2.05, 4.69) is 5.32 Å². The van der Waals surface area contributed by atoms with Gasteiger partial charge in [-0.1, -0.05) is 6.07 Å². The van der Waals surface area contributed by atoms with Gasteiger partial charge in [-0.3, -0.25) is 4.79 Å². The molecule has 4 nitrogen and oxygen atoms in total. The van der Waals surface area contributed by atoms with Crippen molar-refractivity contribution in [2.75, 3.05) is 12.5 Å². The second-order valence-electron chi connectivity index (χ2n) is 5.27. The molecule has 0 aliphatic carbocycles. The third-order valence-corrected chi connectivity index (χ3v) is 4.56. The lowest BCUT2D eigenvalue weighted by molar-refractivity contribution is -0.119. The van der Waals surface area contributed by atoms with E-state index in [-0.39, 0.29) is 29.4 Å². The molecule has 1 N–H and O–H groups in total. The molecule has 0 saturated carbocycles. The third-order valence-electron chi connectivity index (χ3n) is 3.53. The lowest BCUT2D eigenvalue weighted by Crippen LogP contribution is -2.28. The van der Waals surface area contributed by atoms with Crippen LogP contribution in [0.25, 0.3) is 0 Å². The molecule has 7 heteroatoms. The van der Waals surface area contributed by atoms with Gasteiger partial charge in [-0.15, -0.1) is 11.8 Å². The van der Waals surface area contributed by atoms with Gasteiger partial charge in [-0.25, -0.2) is 8.78 Å². The number of fused-ring (bicyclic) bond motifs is 1. The predicted molar refractivity (Wildman–Crippen MR) is 86.2 cm³/mol. The first-order valence-corrected chi connectivity index (χ1v) is 8.28. The maximum Gasteiger partial charge on any atom is 0.231 e. The van der Waals surface area contributed by atoms with E-state index < -0.39 is 11.6 Å². The van der Waals surface area contributed by atoms with E-state index in [4.69, 9.17) is 9.47 Å². The zero-order valence-electron chi connectivity index (χ0n) is 12.8. The van der Waals surface area contributed by atoms with Gasteiger partial charge in [0.05, 0.1) is 11.8 Å². The van der Waals surface area contributed by atoms with Crippen LogP contribution in [0.3, 0.4) is 0 Å². The van der Waals surface area contributed by atoms with Crippen molar-refractivity contribution in [3.05, 3.63) is 53.6 Å². The molecule has 1 atom stereocenters. The summed E-state index contributed by atoms with van der Waals surface area (Å²) in [6, 6.07) is 8.37. The number of benzene rings is 2. The number of amides is 1. The fourth-order valence-corrected chi connectivity index (χ4v) is 3.05. The number of ether oxygens (including phenoxy) is 2. The van der Waals surface area contributed by atoms with Crippen molar-refractivity contribution in [3.63, 3.8) is 0 Å². The number of carbonyl (C=O) groups excluding carboxylic acids is 1. The summed E-state index contributed by atoms with van der Waals surface area (Å²) in [6.07, 6.45) is 0. The molecule has 0 fully saturated rings. The van der Waals surface area contributed by atoms with Crippen molar-refractivity contribution < 1.29 is 23.0 Å². The minimum atomic E-state index is -0.544. The number of carbonyl (C=O) groups is 1. The van der Waals surface area contributed by atoms with Crippen LogP contribution in [0.4, 0.5) is 8.78 Å². The van der Waals surface area contributed by atoms with Crippen molar-refractivity contribution >= 4 is 17.7 Å². The van der Waals surface area contributed by atoms with Gasteiger partial charge < -0.3 is 14.8 Å². The van der Waals surface area contributed by atoms with Crippen molar-refractivity contribution in [1.82, 2.24) is 5.32 Å². The Labute approximate surface area is 142 Å². The normalized spacial score (nSPS) is 13.6. The summed E-state index contributed by atoms with van der Waals surface area (Å²) in [6.45, 7) is 2.03. The van der Waals surface area contributed by atoms with Crippen LogP contribution in [-0.4, -0.2) is 18.5 Å². The Morgan fingerprint density at radius 3 is 2.83 bits per heavy atom. The summed E-state index contributed by atoms with van der Waals surface area (Å²) in [5.41, 5.74) is 0.870. The topological polar surface area (TPSA) is 47.6 Å². The predicted octanol–water partition coefficient (Wildman–Crippen LogP) is 3.66. The fourth-order valence-electron chi connectivity index (χ4n) is 2.28. The molecule has 126 valence electrons. The number of rotatable bonds is 5. The smallest absolute Gasteiger partial charge is 0.231 e. The molecule has 1 heterocycles. The van der Waals surface area contributed by atoms with Crippen molar-refractivity contribution in [3.8, 4) is 11.5 Å². The minimum Gasteiger partial charge on any atom is -0.454 e. The van der Waals surface area contributed by atoms with Crippen LogP contribution in [0.5, 0.6) is 11.5 Å². The third kappa shape index (κ3) is 3.79. The molecule has 3 rings (SSSR count). The van der Waals surface area contributed by atoms with E-state index in [1.165, 1.54) is 0 Å². The first kappa shape index (κ1) is 16.6. The highest BCUT2D eigenvalue weighted by molar-refractivity contribution is 8.00. The van der Waals surface area contributed by atoms with Crippen LogP contribution in [0, 0.1) is 11.6 Å². The van der Waals surface area contributed by atoms with E-state index in [9.17, 15) is 13.6 Å². The number of hydrogen-bond acceptors (Lipinski definition) is 4. The Morgan fingerprint density at radius 2 is 2.00 bits per heavy atom. The first-order valence-electron chi connectivity index (χ1n) is 7.29. The van der Waals surface area contributed by atoms with E-state index in [1.54, 1.807) is 6.07 Å². The van der Waals surface area contributed by atoms with Gasteiger partial charge in [0.15, 0.2) is 11.5 Å². The number of halogens is 2. The average Bonchev–Trinajstić information content (AvgIpc) is 3.03. The molecule has 24 heavy (non-hydrogen) atoms. The van der Waals surface area contributed by atoms with Gasteiger partial charge in [0, 0.05) is 4.90 Å². The number of thioether (sulfide) groups is 1. The standard InChI is InChI=1S/C17H15F2NO3S/c1-10(11-2-5-14-15(6-11)23-9-22-14)20-17(21)8-24-16-7-12(18)3-4-13(16)19/h2-7,10H,8-9H2,1H3,(H,20,21)/t10-/m0/s1. The van der Waals surface area contributed by atoms with Gasteiger partial charge in [-0.2, -0.15) is 0 Å². The van der Waals surface area contributed by atoms with E-state index in [0.717, 1.165) is 35.5 Å². The van der Waals surface area contributed by atoms with Crippen LogP contribution in [0.1, 0.15) is 18.5 Å². The zero-order chi connectivity index (χ0) is 17.1. The maximum atomic E-state index is 13.5. The second kappa shape index (κ2) is 7.09. The van der Waals surface area contributed by atoms with Crippen LogP contribution in [0.2, 0.25) is 0 Å². The highest BCUT2D eigenvalue weighted by Gasteiger charge is 2.17. The molecule has 0 unspecified atom stereocenters. The Bertz CT molecular complexity index is 769. The second-order valence-corrected chi connectivity index (χ2v) is 6.28. The van der Waals surface area contributed by atoms with Crippen LogP contribution < -0.4 is 14.8 Å². The molecule has 0 radical (unpaired) electrons. The van der Waals surface area contributed by atoms with Gasteiger partial charge >= 0.3 is 0 Å². The molecule has 0 saturated heterocycles. The van der Waals surface area contributed by atoms with E-state index >= 15 is 0 Å². The lowest BCUT2D eigenvalue weighted by Gasteiger charge is -2.15. The molecule has 0 aromatic heterocycles. The van der Waals surface area contributed by atoms with Gasteiger partial charge in [-0.05, 0) is 42.8 Å². The molecule has 1 amide bonds. The quantitative estimate of drug-likeness (QED) is 0.835. The number of nitrogens with one attached hydrogen (secondary N) is 1. The minimum absolute atomic E-state index is 0.00470. The van der Waals surface area contributed by atoms with Crippen LogP contribution in [0.15, 0.2) is 41.3 Å². The lowest BCUT2D eigenvalue weighted by atomic mass is 10.1. The zero-order valence-corrected chi connectivity index (χ0v) is 13.7. The maximum absolute atomic E-state index is 13.5. The fraction of sp³-hybridized carbons (Fsp3) is 0.235. The summed E-state index contributed by atoms with van der Waals surface area (Å²) in [5.74, 6) is -0.0333. The molecule has 1 aliphatic rings. The Morgan fingerprint density at radius 1 is 1.21 bits per heavy atom. The number of hydrogen-bond donors (Lipinski definition) is 1. The monoisotopic (exact) mass is 351 g/mol. The summed E-state index contributed by atoms with van der Waals surface area (Å²) in [5, 5.41) is 2.82. The summed E-state index contributed by atoms with van der Waals surface area (Å²) >= 11 is 0.955. The Kier molecular flexibility index (Phi) is 4.89. The van der Waals surface area contributed by atoms with E-state index in [1.807, 2.05) is 19.1 Å². The summed E-state index contributed by atoms with van der Waals surface area (Å²) in [4.78, 5) is 12.1. The van der Waals surface area contributed by atoms with Gasteiger partial charge in [0.2, 0.25) is 12.7 Å². The van der Waals surface area contributed by atoms with Gasteiger partial charge in [0.25, 0.3) is 0 Å². The van der Waals surface area contributed by atoms with Crippen molar-refractivity contribution in [2.24, 2.45) is 0 Å². The summed E-state index contributed by atoms with van der Waals surface area (Å²) in [7, 11) is 0. The molecule has 2 aromatic carbocycles. The summed E-state index contributed by atoms with van der Waals surface area (Å²) < 4.78 is 37.2. The molecule has 1 aliphatic heterocycles.